The van der Waals surface area contributed by atoms with Gasteiger partial charge in [-0.3, -0.25) is 9.78 Å². The number of aliphatic hydroxyl groups excluding tert-OH is 2. The van der Waals surface area contributed by atoms with Gasteiger partial charge in [0.05, 0.1) is 26.5 Å². The molecule has 2 aliphatic carbocycles. The first-order chi connectivity index (χ1) is 19.7. The molecule has 2 fully saturated rings. The molecule has 12 heteroatoms. The van der Waals surface area contributed by atoms with Crippen LogP contribution in [0.5, 0.6) is 0 Å². The minimum Gasteiger partial charge on any atom is -0.387 e. The number of carbonyl (C=O) groups excluding carboxylic acids is 1. The molecule has 2 aliphatic rings. The summed E-state index contributed by atoms with van der Waals surface area (Å²) in [5.41, 5.74) is -0.753. The summed E-state index contributed by atoms with van der Waals surface area (Å²) in [6, 6.07) is 9.88. The smallest absolute Gasteiger partial charge is 0.255 e. The van der Waals surface area contributed by atoms with Gasteiger partial charge in [0.2, 0.25) is 0 Å². The molecule has 2 aromatic carbocycles. The van der Waals surface area contributed by atoms with Crippen molar-refractivity contribution in [1.82, 2.24) is 4.98 Å². The molecule has 0 saturated heterocycles. The number of benzene rings is 2. The SMILES string of the molecule is Cc1ccc(C(O)C(O)[C@@]2(O)C3CC(S(=O)(=O)c4cc(C(=O)Nc5ccc(F)c(F)c5)ccc4Cl)CC2[C@@H](C)C3)nc1. The molecule has 0 aliphatic heterocycles. The summed E-state index contributed by atoms with van der Waals surface area (Å²) in [5.74, 6) is -4.41. The number of amides is 1. The molecular weight excluding hydrogens is 590 g/mol. The molecule has 0 radical (unpaired) electrons. The monoisotopic (exact) mass is 620 g/mol. The number of hydrogen-bond acceptors (Lipinski definition) is 7. The lowest BCUT2D eigenvalue weighted by Gasteiger charge is -2.46. The molecule has 8 nitrogen and oxygen atoms in total. The maximum atomic E-state index is 13.9. The van der Waals surface area contributed by atoms with Crippen molar-refractivity contribution in [2.75, 3.05) is 5.32 Å². The van der Waals surface area contributed by atoms with E-state index in [0.29, 0.717) is 6.42 Å². The van der Waals surface area contributed by atoms with E-state index in [1.165, 1.54) is 18.2 Å². The highest BCUT2D eigenvalue weighted by Crippen LogP contribution is 2.57. The number of aryl methyl sites for hydroxylation is 1. The molecule has 5 unspecified atom stereocenters. The lowest BCUT2D eigenvalue weighted by atomic mass is 9.68. The number of fused-ring (bicyclic) bond motifs is 2. The van der Waals surface area contributed by atoms with E-state index >= 15 is 0 Å². The molecule has 5 rings (SSSR count). The second-order valence-electron chi connectivity index (χ2n) is 11.4. The highest BCUT2D eigenvalue weighted by atomic mass is 35.5. The number of sulfone groups is 1. The average molecular weight is 621 g/mol. The molecule has 0 spiro atoms. The van der Waals surface area contributed by atoms with Crippen LogP contribution in [-0.2, 0) is 9.84 Å². The zero-order valence-corrected chi connectivity index (χ0v) is 24.4. The van der Waals surface area contributed by atoms with Gasteiger partial charge >= 0.3 is 0 Å². The Balaban J connectivity index is 1.39. The van der Waals surface area contributed by atoms with Crippen LogP contribution >= 0.6 is 11.6 Å². The summed E-state index contributed by atoms with van der Waals surface area (Å²) < 4.78 is 54.7. The molecular formula is C30H31ClF2N2O6S. The molecule has 1 amide bonds. The van der Waals surface area contributed by atoms with Crippen molar-refractivity contribution >= 4 is 33.0 Å². The number of aromatic nitrogens is 1. The fourth-order valence-corrected chi connectivity index (χ4v) is 8.94. The molecule has 224 valence electrons. The van der Waals surface area contributed by atoms with Gasteiger partial charge in [-0.2, -0.15) is 0 Å². The van der Waals surface area contributed by atoms with E-state index in [1.807, 2.05) is 13.8 Å². The number of halogens is 3. The number of carbonyl (C=O) groups is 1. The predicted octanol–water partition coefficient (Wildman–Crippen LogP) is 4.61. The van der Waals surface area contributed by atoms with Crippen LogP contribution in [0.1, 0.15) is 53.9 Å². The van der Waals surface area contributed by atoms with Gasteiger partial charge in [0.15, 0.2) is 21.5 Å². The van der Waals surface area contributed by atoms with Crippen LogP contribution in [0.2, 0.25) is 5.02 Å². The number of rotatable bonds is 7. The highest BCUT2D eigenvalue weighted by molar-refractivity contribution is 7.92. The largest absolute Gasteiger partial charge is 0.387 e. The van der Waals surface area contributed by atoms with Crippen molar-refractivity contribution in [3.05, 3.63) is 88.2 Å². The zero-order valence-electron chi connectivity index (χ0n) is 22.8. The molecule has 1 aromatic heterocycles. The Bertz CT molecular complexity index is 1620. The van der Waals surface area contributed by atoms with Gasteiger partial charge in [0, 0.05) is 23.5 Å². The molecule has 2 bridgehead atoms. The number of anilines is 1. The van der Waals surface area contributed by atoms with Gasteiger partial charge in [-0.15, -0.1) is 0 Å². The molecule has 3 aromatic rings. The standard InChI is InChI=1S/C30H31ClF2N2O6S/c1-15-3-8-25(34-14-15)27(36)28(37)30(39)18-9-16(2)21(30)13-20(11-18)42(40,41)26-10-17(4-6-22(26)31)29(38)35-19-5-7-23(32)24(33)12-19/h3-8,10,12,14,16,18,20-21,27-28,36-37,39H,9,11,13H2,1-2H3,(H,35,38)/t16-,18?,20?,21?,27?,28?,30+/m0/s1. The molecule has 4 N–H and O–H groups in total. The van der Waals surface area contributed by atoms with Crippen molar-refractivity contribution < 1.29 is 37.3 Å². The van der Waals surface area contributed by atoms with Crippen LogP contribution in [0.25, 0.3) is 0 Å². The third-order valence-electron chi connectivity index (χ3n) is 8.78. The second kappa shape index (κ2) is 11.3. The van der Waals surface area contributed by atoms with Gasteiger partial charge in [0.1, 0.15) is 12.2 Å². The van der Waals surface area contributed by atoms with Gasteiger partial charge in [0.25, 0.3) is 5.91 Å². The van der Waals surface area contributed by atoms with Crippen molar-refractivity contribution in [2.45, 2.75) is 61.1 Å². The lowest BCUT2D eigenvalue weighted by molar-refractivity contribution is -0.180. The number of aliphatic hydroxyl groups is 3. The lowest BCUT2D eigenvalue weighted by Crippen LogP contribution is -2.58. The Hall–Kier alpha value is -2.96. The van der Waals surface area contributed by atoms with Crippen LogP contribution in [0.4, 0.5) is 14.5 Å². The maximum Gasteiger partial charge on any atom is 0.255 e. The van der Waals surface area contributed by atoms with E-state index in [9.17, 15) is 37.3 Å². The Kier molecular flexibility index (Phi) is 8.19. The van der Waals surface area contributed by atoms with E-state index < -0.39 is 62.3 Å². The number of nitrogens with zero attached hydrogens (tertiary/aromatic N) is 1. The topological polar surface area (TPSA) is 137 Å². The normalized spacial score (nSPS) is 27.0. The molecule has 2 saturated carbocycles. The Labute approximate surface area is 247 Å². The van der Waals surface area contributed by atoms with E-state index in [4.69, 9.17) is 11.6 Å². The fourth-order valence-electron chi connectivity index (χ4n) is 6.57. The minimum absolute atomic E-state index is 0.00319. The Morgan fingerprint density at radius 3 is 2.45 bits per heavy atom. The van der Waals surface area contributed by atoms with E-state index in [1.54, 1.807) is 18.3 Å². The van der Waals surface area contributed by atoms with Gasteiger partial charge in [-0.25, -0.2) is 17.2 Å². The Morgan fingerprint density at radius 1 is 1.07 bits per heavy atom. The average Bonchev–Trinajstić information content (AvgIpc) is 3.07. The second-order valence-corrected chi connectivity index (χ2v) is 14.0. The van der Waals surface area contributed by atoms with Crippen LogP contribution in [0, 0.1) is 36.3 Å². The minimum atomic E-state index is -4.13. The van der Waals surface area contributed by atoms with Crippen molar-refractivity contribution in [3.8, 4) is 0 Å². The first kappa shape index (κ1) is 30.5. The summed E-state index contributed by atoms with van der Waals surface area (Å²) in [4.78, 5) is 16.7. The van der Waals surface area contributed by atoms with E-state index in [-0.39, 0.29) is 45.6 Å². The van der Waals surface area contributed by atoms with Crippen LogP contribution in [-0.4, -0.2) is 51.6 Å². The summed E-state index contributed by atoms with van der Waals surface area (Å²) in [5, 5.41) is 35.3. The van der Waals surface area contributed by atoms with Crippen LogP contribution < -0.4 is 5.32 Å². The van der Waals surface area contributed by atoms with E-state index in [2.05, 4.69) is 10.3 Å². The van der Waals surface area contributed by atoms with E-state index in [0.717, 1.165) is 23.8 Å². The van der Waals surface area contributed by atoms with Gasteiger partial charge in [-0.1, -0.05) is 24.6 Å². The quantitative estimate of drug-likeness (QED) is 0.303. The number of hydrogen-bond donors (Lipinski definition) is 4. The van der Waals surface area contributed by atoms with Crippen LogP contribution in [0.3, 0.4) is 0 Å². The van der Waals surface area contributed by atoms with Crippen LogP contribution in [0.15, 0.2) is 59.6 Å². The van der Waals surface area contributed by atoms with Crippen molar-refractivity contribution in [3.63, 3.8) is 0 Å². The first-order valence-corrected chi connectivity index (χ1v) is 15.5. The summed E-state index contributed by atoms with van der Waals surface area (Å²) in [7, 11) is -4.13. The fraction of sp³-hybridized carbons (Fsp3) is 0.400. The summed E-state index contributed by atoms with van der Waals surface area (Å²) in [6.45, 7) is 3.71. The highest BCUT2D eigenvalue weighted by Gasteiger charge is 2.62. The van der Waals surface area contributed by atoms with Gasteiger partial charge in [-0.05, 0) is 85.9 Å². The first-order valence-electron chi connectivity index (χ1n) is 13.5. The Morgan fingerprint density at radius 2 is 1.81 bits per heavy atom. The van der Waals surface area contributed by atoms with Crippen molar-refractivity contribution in [2.24, 2.45) is 17.8 Å². The maximum absolute atomic E-state index is 13.9. The zero-order chi connectivity index (χ0) is 30.6. The molecule has 7 atom stereocenters. The number of nitrogens with one attached hydrogen (secondary N) is 1. The third kappa shape index (κ3) is 5.33. The number of pyridine rings is 1. The van der Waals surface area contributed by atoms with Gasteiger partial charge < -0.3 is 20.6 Å². The summed E-state index contributed by atoms with van der Waals surface area (Å²) >= 11 is 6.32. The van der Waals surface area contributed by atoms with Crippen molar-refractivity contribution in [1.29, 1.82) is 0 Å². The predicted molar refractivity (Wildman–Crippen MR) is 152 cm³/mol. The third-order valence-corrected chi connectivity index (χ3v) is 11.4. The molecule has 42 heavy (non-hydrogen) atoms. The summed E-state index contributed by atoms with van der Waals surface area (Å²) in [6.07, 6.45) is -1.06. The molecule has 1 heterocycles.